The van der Waals surface area contributed by atoms with Gasteiger partial charge in [-0.2, -0.15) is 0 Å². The van der Waals surface area contributed by atoms with Crippen molar-refractivity contribution in [1.82, 2.24) is 9.55 Å². The van der Waals surface area contributed by atoms with E-state index >= 15 is 0 Å². The number of rotatable bonds is 5. The molecule has 0 aliphatic heterocycles. The lowest BCUT2D eigenvalue weighted by Gasteiger charge is -2.12. The van der Waals surface area contributed by atoms with Crippen LogP contribution in [-0.4, -0.2) is 21.2 Å². The molecule has 0 atom stereocenters. The Balaban J connectivity index is 0.000000924. The molecule has 0 N–H and O–H groups in total. The summed E-state index contributed by atoms with van der Waals surface area (Å²) < 4.78 is 2.20. The zero-order chi connectivity index (χ0) is 16.7. The summed E-state index contributed by atoms with van der Waals surface area (Å²) in [5.41, 5.74) is 4.89. The molecule has 2 aromatic carbocycles. The van der Waals surface area contributed by atoms with Gasteiger partial charge in [0.2, 0.25) is 0 Å². The standard InChI is InChI=1S/C17H17ClN2S.C2H6/c1-13-14(5-4-8-17(13)21-10-9-18)11-20-12-19-15-6-2-3-7-16(15)20;1-2/h2-8,12H,9-11H2,1H3;1-2H3. The maximum Gasteiger partial charge on any atom is 0.0961 e. The minimum atomic E-state index is 0.681. The number of benzene rings is 2. The van der Waals surface area contributed by atoms with Crippen molar-refractivity contribution in [3.05, 3.63) is 59.9 Å². The molecule has 0 amide bonds. The highest BCUT2D eigenvalue weighted by Crippen LogP contribution is 2.26. The number of halogens is 1. The van der Waals surface area contributed by atoms with E-state index in [9.17, 15) is 0 Å². The van der Waals surface area contributed by atoms with Gasteiger partial charge in [-0.3, -0.25) is 0 Å². The van der Waals surface area contributed by atoms with Crippen LogP contribution in [0.2, 0.25) is 0 Å². The molecule has 0 spiro atoms. The average molecular weight is 347 g/mol. The topological polar surface area (TPSA) is 17.8 Å². The first-order valence-corrected chi connectivity index (χ1v) is 9.48. The van der Waals surface area contributed by atoms with Crippen molar-refractivity contribution in [1.29, 1.82) is 0 Å². The third-order valence-corrected chi connectivity index (χ3v) is 5.17. The molecule has 4 heteroatoms. The molecule has 122 valence electrons. The number of hydrogen-bond acceptors (Lipinski definition) is 2. The molecule has 2 nitrogen and oxygen atoms in total. The largest absolute Gasteiger partial charge is 0.326 e. The highest BCUT2D eigenvalue weighted by atomic mass is 35.5. The quantitative estimate of drug-likeness (QED) is 0.432. The van der Waals surface area contributed by atoms with Crippen LogP contribution in [0.5, 0.6) is 0 Å². The van der Waals surface area contributed by atoms with Gasteiger partial charge < -0.3 is 4.57 Å². The first-order chi connectivity index (χ1) is 11.3. The lowest BCUT2D eigenvalue weighted by Crippen LogP contribution is -2.01. The second kappa shape index (κ2) is 8.99. The van der Waals surface area contributed by atoms with Gasteiger partial charge in [-0.05, 0) is 36.2 Å². The Morgan fingerprint density at radius 2 is 1.87 bits per heavy atom. The number of aromatic nitrogens is 2. The Morgan fingerprint density at radius 1 is 1.09 bits per heavy atom. The monoisotopic (exact) mass is 346 g/mol. The third kappa shape index (κ3) is 4.30. The summed E-state index contributed by atoms with van der Waals surface area (Å²) in [5.74, 6) is 1.63. The van der Waals surface area contributed by atoms with Crippen molar-refractivity contribution in [2.24, 2.45) is 0 Å². The van der Waals surface area contributed by atoms with Crippen molar-refractivity contribution >= 4 is 34.4 Å². The lowest BCUT2D eigenvalue weighted by molar-refractivity contribution is 0.814. The number of thioether (sulfide) groups is 1. The van der Waals surface area contributed by atoms with Gasteiger partial charge in [0.1, 0.15) is 0 Å². The summed E-state index contributed by atoms with van der Waals surface area (Å²) in [6.07, 6.45) is 1.92. The molecule has 0 saturated heterocycles. The number of fused-ring (bicyclic) bond motifs is 1. The van der Waals surface area contributed by atoms with Crippen molar-refractivity contribution in [3.8, 4) is 0 Å². The van der Waals surface area contributed by atoms with Crippen molar-refractivity contribution < 1.29 is 0 Å². The first-order valence-electron chi connectivity index (χ1n) is 7.96. The summed E-state index contributed by atoms with van der Waals surface area (Å²) in [6, 6.07) is 14.7. The van der Waals surface area contributed by atoms with Crippen LogP contribution in [0.1, 0.15) is 25.0 Å². The molecular weight excluding hydrogens is 324 g/mol. The predicted octanol–water partition coefficient (Wildman–Crippen LogP) is 5.75. The van der Waals surface area contributed by atoms with E-state index < -0.39 is 0 Å². The molecule has 23 heavy (non-hydrogen) atoms. The van der Waals surface area contributed by atoms with Crippen LogP contribution in [0.3, 0.4) is 0 Å². The van der Waals surface area contributed by atoms with Gasteiger partial charge in [0.15, 0.2) is 0 Å². The minimum absolute atomic E-state index is 0.681. The van der Waals surface area contributed by atoms with Crippen LogP contribution >= 0.6 is 23.4 Å². The molecule has 0 radical (unpaired) electrons. The highest BCUT2D eigenvalue weighted by molar-refractivity contribution is 7.99. The number of imidazole rings is 1. The highest BCUT2D eigenvalue weighted by Gasteiger charge is 2.07. The Bertz CT molecular complexity index is 752. The number of alkyl halides is 1. The van der Waals surface area contributed by atoms with Gasteiger partial charge in [-0.25, -0.2) is 4.98 Å². The Morgan fingerprint density at radius 3 is 2.65 bits per heavy atom. The molecule has 1 heterocycles. The van der Waals surface area contributed by atoms with Gasteiger partial charge in [0, 0.05) is 23.1 Å². The van der Waals surface area contributed by atoms with Crippen LogP contribution in [0.4, 0.5) is 0 Å². The maximum absolute atomic E-state index is 5.79. The van der Waals surface area contributed by atoms with E-state index in [4.69, 9.17) is 11.6 Å². The second-order valence-corrected chi connectivity index (χ2v) is 6.45. The Hall–Kier alpha value is -1.45. The fourth-order valence-corrected chi connectivity index (χ4v) is 3.51. The zero-order valence-electron chi connectivity index (χ0n) is 13.9. The molecule has 0 bridgehead atoms. The zero-order valence-corrected chi connectivity index (χ0v) is 15.5. The summed E-state index contributed by atoms with van der Waals surface area (Å²) >= 11 is 7.61. The summed E-state index contributed by atoms with van der Waals surface area (Å²) in [6.45, 7) is 7.03. The molecule has 0 unspecified atom stereocenters. The predicted molar refractivity (Wildman–Crippen MR) is 103 cm³/mol. The summed E-state index contributed by atoms with van der Waals surface area (Å²) in [4.78, 5) is 5.77. The van der Waals surface area contributed by atoms with Gasteiger partial charge in [-0.15, -0.1) is 23.4 Å². The Kier molecular flexibility index (Phi) is 7.00. The van der Waals surface area contributed by atoms with E-state index in [2.05, 4.69) is 46.8 Å². The van der Waals surface area contributed by atoms with E-state index in [1.54, 1.807) is 0 Å². The van der Waals surface area contributed by atoms with Crippen LogP contribution < -0.4 is 0 Å². The molecule has 0 fully saturated rings. The fourth-order valence-electron chi connectivity index (χ4n) is 2.46. The van der Waals surface area contributed by atoms with Gasteiger partial charge in [0.05, 0.1) is 17.4 Å². The SMILES string of the molecule is CC.Cc1c(Cn2cnc3ccccc32)cccc1SCCCl. The molecule has 0 aliphatic carbocycles. The van der Waals surface area contributed by atoms with E-state index in [0.29, 0.717) is 5.88 Å². The van der Waals surface area contributed by atoms with Crippen LogP contribution in [0.25, 0.3) is 11.0 Å². The Labute approximate surface area is 147 Å². The van der Waals surface area contributed by atoms with E-state index in [1.165, 1.54) is 21.5 Å². The van der Waals surface area contributed by atoms with Crippen molar-refractivity contribution in [2.45, 2.75) is 32.2 Å². The molecule has 1 aromatic heterocycles. The number of nitrogens with zero attached hydrogens (tertiary/aromatic N) is 2. The van der Waals surface area contributed by atoms with Crippen LogP contribution in [-0.2, 0) is 6.54 Å². The summed E-state index contributed by atoms with van der Waals surface area (Å²) in [7, 11) is 0. The average Bonchev–Trinajstić information content (AvgIpc) is 3.01. The summed E-state index contributed by atoms with van der Waals surface area (Å²) in [5, 5.41) is 0. The van der Waals surface area contributed by atoms with Crippen LogP contribution in [0, 0.1) is 6.92 Å². The lowest BCUT2D eigenvalue weighted by atomic mass is 10.1. The molecule has 3 aromatic rings. The molecule has 0 aliphatic rings. The van der Waals surface area contributed by atoms with Gasteiger partial charge in [-0.1, -0.05) is 38.1 Å². The van der Waals surface area contributed by atoms with Crippen molar-refractivity contribution in [2.75, 3.05) is 11.6 Å². The smallest absolute Gasteiger partial charge is 0.0961 e. The second-order valence-electron chi connectivity index (χ2n) is 4.94. The van der Waals surface area contributed by atoms with Gasteiger partial charge in [0.25, 0.3) is 0 Å². The maximum atomic E-state index is 5.79. The van der Waals surface area contributed by atoms with Crippen LogP contribution in [0.15, 0.2) is 53.7 Å². The normalized spacial score (nSPS) is 10.4. The van der Waals surface area contributed by atoms with E-state index in [1.807, 2.05) is 44.1 Å². The number of hydrogen-bond donors (Lipinski definition) is 0. The molecule has 3 rings (SSSR count). The van der Waals surface area contributed by atoms with Gasteiger partial charge >= 0.3 is 0 Å². The minimum Gasteiger partial charge on any atom is -0.326 e. The van der Waals surface area contributed by atoms with E-state index in [0.717, 1.165) is 17.8 Å². The number of para-hydroxylation sites is 2. The van der Waals surface area contributed by atoms with E-state index in [-0.39, 0.29) is 0 Å². The fraction of sp³-hybridized carbons (Fsp3) is 0.316. The molecule has 0 saturated carbocycles. The third-order valence-electron chi connectivity index (χ3n) is 3.60. The molecular formula is C19H23ClN2S. The first kappa shape index (κ1) is 17.9. The van der Waals surface area contributed by atoms with Crippen molar-refractivity contribution in [3.63, 3.8) is 0 Å².